The second kappa shape index (κ2) is 10.5. The molecule has 0 saturated carbocycles. The van der Waals surface area contributed by atoms with Gasteiger partial charge in [-0.3, -0.25) is 5.32 Å². The first kappa shape index (κ1) is 27.6. The monoisotopic (exact) mass is 518 g/mol. The molecule has 2 heterocycles. The summed E-state index contributed by atoms with van der Waals surface area (Å²) in [6, 6.07) is 7.35. The Hall–Kier alpha value is -4.01. The molecular weight excluding hydrogens is 489 g/mol. The van der Waals surface area contributed by atoms with Crippen molar-refractivity contribution in [2.75, 3.05) is 28.6 Å². The average molecular weight is 519 g/mol. The van der Waals surface area contributed by atoms with Gasteiger partial charge >= 0.3 is 18.3 Å². The van der Waals surface area contributed by atoms with Crippen LogP contribution in [0.3, 0.4) is 0 Å². The molecule has 0 bridgehead atoms. The molecule has 198 valence electrons. The number of hydrogen-bond donors (Lipinski definition) is 2. The maximum absolute atomic E-state index is 13.4. The van der Waals surface area contributed by atoms with E-state index < -0.39 is 29.0 Å². The van der Waals surface area contributed by atoms with E-state index in [2.05, 4.69) is 15.6 Å². The van der Waals surface area contributed by atoms with Crippen LogP contribution in [0, 0.1) is 11.3 Å². The maximum atomic E-state index is 13.4. The Labute approximate surface area is 213 Å². The summed E-state index contributed by atoms with van der Waals surface area (Å²) in [5.74, 6) is 0.253. The molecule has 2 atom stereocenters. The fraction of sp³-hybridized carbons (Fsp3) is 0.440. The van der Waals surface area contributed by atoms with Crippen LogP contribution in [0.15, 0.2) is 36.5 Å². The molecule has 0 spiro atoms. The zero-order chi connectivity index (χ0) is 27.5. The second-order valence-corrected chi connectivity index (χ2v) is 9.83. The van der Waals surface area contributed by atoms with E-state index in [-0.39, 0.29) is 30.5 Å². The SMILES string of the molecule is C[C@@H]1CN(c2ccc(C#N)c(C(F)(F)F)c2)[C@@H](C)CN1C(=O)Nc1ccc(NC(=O)OC(C)(C)C)nc1. The van der Waals surface area contributed by atoms with Crippen LogP contribution in [-0.2, 0) is 10.9 Å². The van der Waals surface area contributed by atoms with Crippen LogP contribution >= 0.6 is 0 Å². The topological polar surface area (TPSA) is 111 Å². The number of ether oxygens (including phenoxy) is 1. The second-order valence-electron chi connectivity index (χ2n) is 9.83. The molecule has 12 heteroatoms. The van der Waals surface area contributed by atoms with Gasteiger partial charge < -0.3 is 19.9 Å². The Morgan fingerprint density at radius 2 is 1.78 bits per heavy atom. The predicted octanol–water partition coefficient (Wildman–Crippen LogP) is 5.45. The molecule has 1 saturated heterocycles. The largest absolute Gasteiger partial charge is 0.444 e. The van der Waals surface area contributed by atoms with Crippen LogP contribution in [0.25, 0.3) is 0 Å². The molecule has 1 aliphatic rings. The van der Waals surface area contributed by atoms with Gasteiger partial charge in [0.2, 0.25) is 0 Å². The number of benzene rings is 1. The predicted molar refractivity (Wildman–Crippen MR) is 132 cm³/mol. The Kier molecular flexibility index (Phi) is 7.86. The number of anilines is 3. The van der Waals surface area contributed by atoms with Gasteiger partial charge in [-0.25, -0.2) is 14.6 Å². The summed E-state index contributed by atoms with van der Waals surface area (Å²) in [7, 11) is 0. The number of amides is 3. The minimum atomic E-state index is -4.65. The van der Waals surface area contributed by atoms with Crippen LogP contribution in [0.1, 0.15) is 45.7 Å². The van der Waals surface area contributed by atoms with Crippen molar-refractivity contribution in [2.24, 2.45) is 0 Å². The fourth-order valence-electron chi connectivity index (χ4n) is 3.96. The van der Waals surface area contributed by atoms with E-state index in [1.165, 1.54) is 24.4 Å². The number of pyridine rings is 1. The number of halogens is 3. The number of carbonyl (C=O) groups excluding carboxylic acids is 2. The molecule has 2 N–H and O–H groups in total. The molecule has 0 unspecified atom stereocenters. The number of nitriles is 1. The number of nitrogens with zero attached hydrogens (tertiary/aromatic N) is 4. The van der Waals surface area contributed by atoms with Gasteiger partial charge in [-0.1, -0.05) is 0 Å². The lowest BCUT2D eigenvalue weighted by Crippen LogP contribution is -2.59. The molecule has 2 aromatic rings. The van der Waals surface area contributed by atoms with Gasteiger partial charge in [0.25, 0.3) is 0 Å². The van der Waals surface area contributed by atoms with E-state index in [9.17, 15) is 22.8 Å². The highest BCUT2D eigenvalue weighted by Crippen LogP contribution is 2.35. The summed E-state index contributed by atoms with van der Waals surface area (Å²) in [5.41, 5.74) is -1.33. The molecule has 1 aromatic heterocycles. The molecule has 9 nitrogen and oxygen atoms in total. The highest BCUT2D eigenvalue weighted by atomic mass is 19.4. The van der Waals surface area contributed by atoms with E-state index in [0.717, 1.165) is 6.07 Å². The van der Waals surface area contributed by atoms with Crippen molar-refractivity contribution in [3.8, 4) is 6.07 Å². The first-order valence-electron chi connectivity index (χ1n) is 11.6. The van der Waals surface area contributed by atoms with Gasteiger partial charge in [0, 0.05) is 30.9 Å². The number of rotatable bonds is 3. The van der Waals surface area contributed by atoms with E-state index >= 15 is 0 Å². The molecular formula is C25H29F3N6O3. The number of urea groups is 1. The lowest BCUT2D eigenvalue weighted by atomic mass is 10.0. The van der Waals surface area contributed by atoms with Crippen LogP contribution in [0.2, 0.25) is 0 Å². The Morgan fingerprint density at radius 3 is 2.35 bits per heavy atom. The maximum Gasteiger partial charge on any atom is 0.417 e. The fourth-order valence-corrected chi connectivity index (χ4v) is 3.96. The molecule has 1 aromatic carbocycles. The quantitative estimate of drug-likeness (QED) is 0.559. The first-order valence-corrected chi connectivity index (χ1v) is 11.6. The van der Waals surface area contributed by atoms with Crippen molar-refractivity contribution >= 4 is 29.3 Å². The standard InChI is InChI=1S/C25H29F3N6O3/c1-15-14-34(16(2)13-33(15)19-8-6-17(11-29)20(10-19)25(26,27)28)22(35)31-18-7-9-21(30-12-18)32-23(36)37-24(3,4)5/h6-10,12,15-16H,13-14H2,1-5H3,(H,31,35)(H,30,32,36)/t15-,16+/m0/s1. The van der Waals surface area contributed by atoms with E-state index in [1.807, 2.05) is 6.92 Å². The number of carbonyl (C=O) groups is 2. The zero-order valence-corrected chi connectivity index (χ0v) is 21.2. The van der Waals surface area contributed by atoms with Gasteiger partial charge in [-0.2, -0.15) is 18.4 Å². The van der Waals surface area contributed by atoms with E-state index in [4.69, 9.17) is 10.00 Å². The van der Waals surface area contributed by atoms with E-state index in [0.29, 0.717) is 17.9 Å². The minimum absolute atomic E-state index is 0.253. The third kappa shape index (κ3) is 7.03. The molecule has 1 fully saturated rings. The van der Waals surface area contributed by atoms with Gasteiger partial charge in [0.15, 0.2) is 0 Å². The average Bonchev–Trinajstić information content (AvgIpc) is 2.79. The smallest absolute Gasteiger partial charge is 0.417 e. The van der Waals surface area contributed by atoms with Crippen LogP contribution in [-0.4, -0.2) is 52.8 Å². The van der Waals surface area contributed by atoms with Crippen LogP contribution in [0.4, 0.5) is 40.0 Å². The highest BCUT2D eigenvalue weighted by molar-refractivity contribution is 5.90. The lowest BCUT2D eigenvalue weighted by molar-refractivity contribution is -0.137. The molecule has 0 radical (unpaired) electrons. The van der Waals surface area contributed by atoms with Crippen molar-refractivity contribution in [2.45, 2.75) is 58.5 Å². The number of aromatic nitrogens is 1. The third-order valence-corrected chi connectivity index (χ3v) is 5.65. The Bertz CT molecular complexity index is 1190. The highest BCUT2D eigenvalue weighted by Gasteiger charge is 2.36. The summed E-state index contributed by atoms with van der Waals surface area (Å²) in [5, 5.41) is 14.3. The summed E-state index contributed by atoms with van der Waals surface area (Å²) >= 11 is 0. The van der Waals surface area contributed by atoms with Crippen molar-refractivity contribution in [3.63, 3.8) is 0 Å². The molecule has 37 heavy (non-hydrogen) atoms. The summed E-state index contributed by atoms with van der Waals surface area (Å²) in [6.07, 6.45) is -3.91. The van der Waals surface area contributed by atoms with Gasteiger partial charge in [0.1, 0.15) is 11.4 Å². The van der Waals surface area contributed by atoms with Gasteiger partial charge in [-0.15, -0.1) is 0 Å². The summed E-state index contributed by atoms with van der Waals surface area (Å²) in [4.78, 5) is 32.3. The van der Waals surface area contributed by atoms with E-state index in [1.54, 1.807) is 49.6 Å². The Balaban J connectivity index is 1.65. The van der Waals surface area contributed by atoms with Crippen LogP contribution in [0.5, 0.6) is 0 Å². The number of nitrogens with one attached hydrogen (secondary N) is 2. The van der Waals surface area contributed by atoms with Crippen LogP contribution < -0.4 is 15.5 Å². The normalized spacial score (nSPS) is 18.1. The molecule has 1 aliphatic heterocycles. The van der Waals surface area contributed by atoms with Crippen molar-refractivity contribution in [1.82, 2.24) is 9.88 Å². The molecule has 3 rings (SSSR count). The lowest BCUT2D eigenvalue weighted by Gasteiger charge is -2.45. The summed E-state index contributed by atoms with van der Waals surface area (Å²) < 4.78 is 45.4. The molecule has 0 aliphatic carbocycles. The Morgan fingerprint density at radius 1 is 1.08 bits per heavy atom. The molecule has 3 amide bonds. The van der Waals surface area contributed by atoms with Gasteiger partial charge in [-0.05, 0) is 65.0 Å². The van der Waals surface area contributed by atoms with Crippen molar-refractivity contribution in [3.05, 3.63) is 47.7 Å². The number of piperazine rings is 1. The van der Waals surface area contributed by atoms with Crippen molar-refractivity contribution < 1.29 is 27.5 Å². The first-order chi connectivity index (χ1) is 17.2. The number of hydrogen-bond acceptors (Lipinski definition) is 6. The minimum Gasteiger partial charge on any atom is -0.444 e. The zero-order valence-electron chi connectivity index (χ0n) is 21.2. The summed E-state index contributed by atoms with van der Waals surface area (Å²) in [6.45, 7) is 9.41. The van der Waals surface area contributed by atoms with Crippen molar-refractivity contribution in [1.29, 1.82) is 5.26 Å². The third-order valence-electron chi connectivity index (χ3n) is 5.65. The van der Waals surface area contributed by atoms with Gasteiger partial charge in [0.05, 0.1) is 29.1 Å². The number of alkyl halides is 3.